The van der Waals surface area contributed by atoms with Crippen molar-refractivity contribution in [2.45, 2.75) is 20.8 Å². The van der Waals surface area contributed by atoms with Gasteiger partial charge in [-0.15, -0.1) is 0 Å². The molecular weight excluding hydrogens is 252 g/mol. The van der Waals surface area contributed by atoms with Crippen LogP contribution in [0.4, 0.5) is 0 Å². The molecule has 3 nitrogen and oxygen atoms in total. The van der Waals surface area contributed by atoms with E-state index in [1.54, 1.807) is 19.9 Å². The Morgan fingerprint density at radius 2 is 1.95 bits per heavy atom. The minimum atomic E-state index is -0.591. The first-order valence-electron chi connectivity index (χ1n) is 6.37. The third kappa shape index (κ3) is 2.94. The van der Waals surface area contributed by atoms with Crippen LogP contribution in [0.15, 0.2) is 45.8 Å². The highest BCUT2D eigenvalue weighted by Crippen LogP contribution is 2.11. The van der Waals surface area contributed by atoms with Gasteiger partial charge < -0.3 is 4.42 Å². The first-order valence-corrected chi connectivity index (χ1v) is 6.37. The van der Waals surface area contributed by atoms with Gasteiger partial charge in [-0.2, -0.15) is 0 Å². The van der Waals surface area contributed by atoms with Crippen LogP contribution in [0.2, 0.25) is 0 Å². The van der Waals surface area contributed by atoms with Crippen molar-refractivity contribution in [1.29, 1.82) is 0 Å². The van der Waals surface area contributed by atoms with Crippen molar-refractivity contribution in [1.82, 2.24) is 0 Å². The Morgan fingerprint density at radius 1 is 1.20 bits per heavy atom. The van der Waals surface area contributed by atoms with Crippen LogP contribution in [-0.2, 0) is 0 Å². The molecule has 2 aromatic rings. The molecule has 0 saturated carbocycles. The molecule has 0 saturated heterocycles. The molecule has 0 bridgehead atoms. The van der Waals surface area contributed by atoms with Gasteiger partial charge in [-0.1, -0.05) is 35.9 Å². The number of aryl methyl sites for hydroxylation is 2. The number of allylic oxidation sites excluding steroid dienone is 1. The zero-order valence-corrected chi connectivity index (χ0v) is 11.8. The standard InChI is InChI=1S/C17H16O3/c1-11-5-4-6-14(9-11)7-8-15(18)16-13(3)12(2)10-20-17(16)19/h4-10H,1-3H3/b8-7+. The summed E-state index contributed by atoms with van der Waals surface area (Å²) in [4.78, 5) is 23.8. The van der Waals surface area contributed by atoms with Gasteiger partial charge >= 0.3 is 5.63 Å². The van der Waals surface area contributed by atoms with Crippen molar-refractivity contribution in [3.63, 3.8) is 0 Å². The van der Waals surface area contributed by atoms with Crippen LogP contribution in [0.1, 0.15) is 32.6 Å². The first-order chi connectivity index (χ1) is 9.49. The molecule has 0 N–H and O–H groups in total. The summed E-state index contributed by atoms with van der Waals surface area (Å²) < 4.78 is 4.85. The van der Waals surface area contributed by atoms with Crippen LogP contribution in [0.5, 0.6) is 0 Å². The normalized spacial score (nSPS) is 10.9. The Balaban J connectivity index is 2.34. The highest BCUT2D eigenvalue weighted by Gasteiger charge is 2.14. The van der Waals surface area contributed by atoms with Gasteiger partial charge in [-0.05, 0) is 43.5 Å². The second-order valence-corrected chi connectivity index (χ2v) is 4.82. The molecule has 0 radical (unpaired) electrons. The van der Waals surface area contributed by atoms with Crippen LogP contribution in [0, 0.1) is 20.8 Å². The number of hydrogen-bond donors (Lipinski definition) is 0. The average Bonchev–Trinajstić information content (AvgIpc) is 2.41. The average molecular weight is 268 g/mol. The van der Waals surface area contributed by atoms with E-state index >= 15 is 0 Å². The van der Waals surface area contributed by atoms with Gasteiger partial charge in [0.25, 0.3) is 0 Å². The van der Waals surface area contributed by atoms with E-state index in [1.165, 1.54) is 12.3 Å². The molecule has 0 atom stereocenters. The molecule has 1 aromatic heterocycles. The molecule has 0 amide bonds. The number of carbonyl (C=O) groups is 1. The smallest absolute Gasteiger partial charge is 0.347 e. The molecule has 0 unspecified atom stereocenters. The van der Waals surface area contributed by atoms with E-state index in [0.717, 1.165) is 16.7 Å². The van der Waals surface area contributed by atoms with E-state index in [0.29, 0.717) is 5.56 Å². The van der Waals surface area contributed by atoms with E-state index in [1.807, 2.05) is 31.2 Å². The molecule has 0 fully saturated rings. The molecule has 3 heteroatoms. The van der Waals surface area contributed by atoms with Crippen LogP contribution in [-0.4, -0.2) is 5.78 Å². The van der Waals surface area contributed by atoms with Gasteiger partial charge in [0, 0.05) is 0 Å². The second-order valence-electron chi connectivity index (χ2n) is 4.82. The second kappa shape index (κ2) is 5.70. The Labute approximate surface area is 117 Å². The van der Waals surface area contributed by atoms with E-state index in [9.17, 15) is 9.59 Å². The minimum Gasteiger partial charge on any atom is -0.430 e. The Hall–Kier alpha value is -2.42. The fourth-order valence-electron chi connectivity index (χ4n) is 1.95. The van der Waals surface area contributed by atoms with Gasteiger partial charge in [0.1, 0.15) is 5.56 Å². The highest BCUT2D eigenvalue weighted by atomic mass is 16.4. The van der Waals surface area contributed by atoms with Crippen molar-refractivity contribution >= 4 is 11.9 Å². The van der Waals surface area contributed by atoms with E-state index in [-0.39, 0.29) is 11.3 Å². The third-order valence-corrected chi connectivity index (χ3v) is 3.23. The lowest BCUT2D eigenvalue weighted by Gasteiger charge is -2.02. The monoisotopic (exact) mass is 268 g/mol. The summed E-state index contributed by atoms with van der Waals surface area (Å²) in [5.41, 5.74) is 3.01. The van der Waals surface area contributed by atoms with Gasteiger partial charge in [-0.25, -0.2) is 4.79 Å². The predicted octanol–water partition coefficient (Wildman–Crippen LogP) is 3.46. The SMILES string of the molecule is Cc1cccc(/C=C/C(=O)c2c(C)c(C)coc2=O)c1. The lowest BCUT2D eigenvalue weighted by atomic mass is 10.0. The number of rotatable bonds is 3. The zero-order valence-electron chi connectivity index (χ0n) is 11.8. The van der Waals surface area contributed by atoms with E-state index < -0.39 is 5.63 Å². The van der Waals surface area contributed by atoms with Gasteiger partial charge in [0.2, 0.25) is 0 Å². The fraction of sp³-hybridized carbons (Fsp3) is 0.176. The Kier molecular flexibility index (Phi) is 3.99. The summed E-state index contributed by atoms with van der Waals surface area (Å²) in [6.45, 7) is 5.54. The van der Waals surface area contributed by atoms with Crippen LogP contribution >= 0.6 is 0 Å². The van der Waals surface area contributed by atoms with Crippen LogP contribution < -0.4 is 5.63 Å². The quantitative estimate of drug-likeness (QED) is 0.632. The van der Waals surface area contributed by atoms with Crippen molar-refractivity contribution < 1.29 is 9.21 Å². The summed E-state index contributed by atoms with van der Waals surface area (Å²) >= 11 is 0. The maximum Gasteiger partial charge on any atom is 0.347 e. The fourth-order valence-corrected chi connectivity index (χ4v) is 1.95. The molecule has 20 heavy (non-hydrogen) atoms. The maximum absolute atomic E-state index is 12.2. The summed E-state index contributed by atoms with van der Waals surface area (Å²) in [5, 5.41) is 0. The van der Waals surface area contributed by atoms with Crippen LogP contribution in [0.25, 0.3) is 6.08 Å². The van der Waals surface area contributed by atoms with Gasteiger partial charge in [0.15, 0.2) is 5.78 Å². The van der Waals surface area contributed by atoms with Crippen molar-refractivity contribution in [2.75, 3.05) is 0 Å². The summed E-state index contributed by atoms with van der Waals surface area (Å²) in [6, 6.07) is 7.78. The molecule has 0 aliphatic heterocycles. The molecule has 0 aliphatic rings. The molecule has 1 aromatic carbocycles. The summed E-state index contributed by atoms with van der Waals surface area (Å²) in [7, 11) is 0. The molecular formula is C17H16O3. The minimum absolute atomic E-state index is 0.105. The maximum atomic E-state index is 12.2. The van der Waals surface area contributed by atoms with E-state index in [2.05, 4.69) is 0 Å². The van der Waals surface area contributed by atoms with Gasteiger partial charge in [-0.3, -0.25) is 4.79 Å². The zero-order chi connectivity index (χ0) is 14.7. The highest BCUT2D eigenvalue weighted by molar-refractivity contribution is 6.07. The van der Waals surface area contributed by atoms with Crippen molar-refractivity contribution in [2.24, 2.45) is 0 Å². The topological polar surface area (TPSA) is 47.3 Å². The largest absolute Gasteiger partial charge is 0.430 e. The Bertz CT molecular complexity index is 736. The number of ketones is 1. The lowest BCUT2D eigenvalue weighted by Crippen LogP contribution is -2.15. The third-order valence-electron chi connectivity index (χ3n) is 3.23. The number of benzene rings is 1. The predicted molar refractivity (Wildman–Crippen MR) is 79.0 cm³/mol. The van der Waals surface area contributed by atoms with Gasteiger partial charge in [0.05, 0.1) is 6.26 Å². The van der Waals surface area contributed by atoms with E-state index in [4.69, 9.17) is 4.42 Å². The van der Waals surface area contributed by atoms with Crippen molar-refractivity contribution in [3.8, 4) is 0 Å². The molecule has 0 aliphatic carbocycles. The molecule has 2 rings (SSSR count). The summed E-state index contributed by atoms with van der Waals surface area (Å²) in [5.74, 6) is -0.332. The Morgan fingerprint density at radius 3 is 2.65 bits per heavy atom. The lowest BCUT2D eigenvalue weighted by molar-refractivity contribution is 0.104. The van der Waals surface area contributed by atoms with Crippen LogP contribution in [0.3, 0.4) is 0 Å². The number of carbonyl (C=O) groups excluding carboxylic acids is 1. The first kappa shape index (κ1) is 14.0. The van der Waals surface area contributed by atoms with Crippen molar-refractivity contribution in [3.05, 3.63) is 74.8 Å². The summed E-state index contributed by atoms with van der Waals surface area (Å²) in [6.07, 6.45) is 4.49. The molecule has 0 spiro atoms. The molecule has 1 heterocycles. The molecule has 102 valence electrons. The number of hydrogen-bond acceptors (Lipinski definition) is 3.